The summed E-state index contributed by atoms with van der Waals surface area (Å²) in [4.78, 5) is 30.6. The Balaban J connectivity index is 1.55. The lowest BCUT2D eigenvalue weighted by Crippen LogP contribution is -2.60. The highest BCUT2D eigenvalue weighted by Gasteiger charge is 2.41. The molecular weight excluding hydrogens is 570 g/mol. The van der Waals surface area contributed by atoms with E-state index in [4.69, 9.17) is 4.74 Å². The second kappa shape index (κ2) is 14.7. The highest BCUT2D eigenvalue weighted by Crippen LogP contribution is 2.39. The Morgan fingerprint density at radius 1 is 1.00 bits per heavy atom. The van der Waals surface area contributed by atoms with Crippen molar-refractivity contribution < 1.29 is 19.4 Å². The molecule has 1 saturated heterocycles. The van der Waals surface area contributed by atoms with Gasteiger partial charge in [0.15, 0.2) is 0 Å². The first-order valence-electron chi connectivity index (χ1n) is 16.2. The van der Waals surface area contributed by atoms with Crippen molar-refractivity contribution in [1.82, 2.24) is 15.5 Å². The number of amides is 2. The number of β-amino-alcohol motifs (C(OH)–C–C–N with tert-alkyl or cyclic N) is 1. The highest BCUT2D eigenvalue weighted by molar-refractivity contribution is 7.99. The van der Waals surface area contributed by atoms with Crippen molar-refractivity contribution in [1.29, 1.82) is 0 Å². The minimum atomic E-state index is -0.866. The molecule has 2 aromatic rings. The zero-order valence-electron chi connectivity index (χ0n) is 27.7. The number of nitrogens with zero attached hydrogens (tertiary/aromatic N) is 1. The monoisotopic (exact) mass is 623 g/mol. The predicted octanol–water partition coefficient (Wildman–Crippen LogP) is 6.22. The average Bonchev–Trinajstić information content (AvgIpc) is 2.94. The number of piperidine rings is 1. The number of benzene rings is 2. The standard InChI is InChI=1S/C36H53N3O4S/c1-24-28(18-13-19-32(24)43-36(5,6)7)33(41)37-29(23-44-27-16-9-8-10-17-27)31(40)22-39-21-26-15-12-11-14-25(26)20-30(39)34(42)38-35(2,3)4/h8-10,13,16-19,25-26,29-31,40H,11-12,14-15,20-23H2,1-7H3,(H,37,41)(H,38,42)/t25-,26+,29-,30-,31+/m0/s1. The Labute approximate surface area is 268 Å². The lowest BCUT2D eigenvalue weighted by Gasteiger charge is -2.47. The number of nitrogens with one attached hydrogen (secondary N) is 2. The molecule has 2 aliphatic rings. The van der Waals surface area contributed by atoms with Gasteiger partial charge in [0, 0.05) is 40.4 Å². The number of fused-ring (bicyclic) bond motifs is 1. The van der Waals surface area contributed by atoms with E-state index >= 15 is 0 Å². The summed E-state index contributed by atoms with van der Waals surface area (Å²) in [7, 11) is 0. The van der Waals surface area contributed by atoms with Gasteiger partial charge in [-0.25, -0.2) is 0 Å². The van der Waals surface area contributed by atoms with Crippen LogP contribution >= 0.6 is 11.8 Å². The Bertz CT molecular complexity index is 1260. The largest absolute Gasteiger partial charge is 0.488 e. The zero-order chi connectivity index (χ0) is 32.1. The maximum absolute atomic E-state index is 13.8. The van der Waals surface area contributed by atoms with Crippen molar-refractivity contribution in [3.05, 3.63) is 59.7 Å². The second-order valence-electron chi connectivity index (χ2n) is 14.7. The molecule has 0 bridgehead atoms. The number of carbonyl (C=O) groups excluding carboxylic acids is 2. The van der Waals surface area contributed by atoms with Crippen LogP contribution in [0.15, 0.2) is 53.4 Å². The Kier molecular flexibility index (Phi) is 11.5. The van der Waals surface area contributed by atoms with E-state index in [9.17, 15) is 14.7 Å². The van der Waals surface area contributed by atoms with Crippen LogP contribution in [0.2, 0.25) is 0 Å². The molecule has 4 rings (SSSR count). The quantitative estimate of drug-likeness (QED) is 0.272. The van der Waals surface area contributed by atoms with Gasteiger partial charge in [-0.05, 0) is 97.4 Å². The fraction of sp³-hybridized carbons (Fsp3) is 0.611. The zero-order valence-corrected chi connectivity index (χ0v) is 28.5. The molecule has 7 nitrogen and oxygen atoms in total. The minimum Gasteiger partial charge on any atom is -0.488 e. The molecule has 5 atom stereocenters. The van der Waals surface area contributed by atoms with E-state index in [0.717, 1.165) is 23.4 Å². The summed E-state index contributed by atoms with van der Waals surface area (Å²) in [6.45, 7) is 15.0. The molecule has 2 amide bonds. The van der Waals surface area contributed by atoms with E-state index in [1.807, 2.05) is 90.9 Å². The molecule has 242 valence electrons. The van der Waals surface area contributed by atoms with Gasteiger partial charge < -0.3 is 20.5 Å². The second-order valence-corrected chi connectivity index (χ2v) is 15.8. The summed E-state index contributed by atoms with van der Waals surface area (Å²) >= 11 is 1.61. The van der Waals surface area contributed by atoms with Crippen LogP contribution in [0.4, 0.5) is 0 Å². The molecule has 0 spiro atoms. The Morgan fingerprint density at radius 3 is 2.34 bits per heavy atom. The van der Waals surface area contributed by atoms with Crippen LogP contribution in [-0.2, 0) is 4.79 Å². The summed E-state index contributed by atoms with van der Waals surface area (Å²) in [5.74, 6) is 2.03. The Hall–Kier alpha value is -2.55. The van der Waals surface area contributed by atoms with Gasteiger partial charge in [0.25, 0.3) is 5.91 Å². The van der Waals surface area contributed by atoms with E-state index in [0.29, 0.717) is 35.4 Å². The fourth-order valence-electron chi connectivity index (χ4n) is 6.49. The van der Waals surface area contributed by atoms with Crippen molar-refractivity contribution in [3.8, 4) is 5.75 Å². The lowest BCUT2D eigenvalue weighted by atomic mass is 9.72. The molecule has 0 radical (unpaired) electrons. The van der Waals surface area contributed by atoms with Crippen molar-refractivity contribution in [2.45, 2.75) is 115 Å². The third-order valence-electron chi connectivity index (χ3n) is 8.62. The van der Waals surface area contributed by atoms with Crippen molar-refractivity contribution >= 4 is 23.6 Å². The number of ether oxygens (including phenoxy) is 1. The molecule has 1 heterocycles. The fourth-order valence-corrected chi connectivity index (χ4v) is 7.52. The van der Waals surface area contributed by atoms with Crippen LogP contribution in [0.5, 0.6) is 5.75 Å². The van der Waals surface area contributed by atoms with Crippen LogP contribution in [0.3, 0.4) is 0 Å². The first-order chi connectivity index (χ1) is 20.7. The van der Waals surface area contributed by atoms with Gasteiger partial charge in [0.05, 0.1) is 18.2 Å². The lowest BCUT2D eigenvalue weighted by molar-refractivity contribution is -0.132. The molecule has 1 aliphatic carbocycles. The summed E-state index contributed by atoms with van der Waals surface area (Å²) in [6.07, 6.45) is 4.73. The molecule has 2 fully saturated rings. The molecule has 1 aliphatic heterocycles. The van der Waals surface area contributed by atoms with Crippen LogP contribution in [0, 0.1) is 18.8 Å². The third kappa shape index (κ3) is 9.72. The van der Waals surface area contributed by atoms with Crippen LogP contribution in [-0.4, -0.2) is 70.0 Å². The SMILES string of the molecule is Cc1c(OC(C)(C)C)cccc1C(=O)N[C@@H](CSc1ccccc1)[C@H](O)CN1C[C@H]2CCCC[C@H]2C[C@H]1C(=O)NC(C)(C)C. The average molecular weight is 624 g/mol. The maximum atomic E-state index is 13.8. The van der Waals surface area contributed by atoms with Crippen LogP contribution < -0.4 is 15.4 Å². The first-order valence-corrected chi connectivity index (χ1v) is 17.2. The molecule has 0 unspecified atom stereocenters. The van der Waals surface area contributed by atoms with E-state index in [-0.39, 0.29) is 23.4 Å². The summed E-state index contributed by atoms with van der Waals surface area (Å²) < 4.78 is 6.12. The van der Waals surface area contributed by atoms with Gasteiger partial charge in [-0.1, -0.05) is 43.5 Å². The number of rotatable bonds is 10. The first kappa shape index (κ1) is 34.3. The molecule has 3 N–H and O–H groups in total. The van der Waals surface area contributed by atoms with Gasteiger partial charge in [-0.3, -0.25) is 14.5 Å². The van der Waals surface area contributed by atoms with Crippen LogP contribution in [0.1, 0.15) is 89.6 Å². The van der Waals surface area contributed by atoms with E-state index < -0.39 is 17.7 Å². The topological polar surface area (TPSA) is 90.9 Å². The number of thioether (sulfide) groups is 1. The number of hydrogen-bond donors (Lipinski definition) is 3. The van der Waals surface area contributed by atoms with Crippen molar-refractivity contribution in [3.63, 3.8) is 0 Å². The minimum absolute atomic E-state index is 0.0271. The molecule has 1 saturated carbocycles. The number of aliphatic hydroxyl groups excluding tert-OH is 1. The normalized spacial score (nSPS) is 22.4. The molecular formula is C36H53N3O4S. The van der Waals surface area contributed by atoms with Crippen LogP contribution in [0.25, 0.3) is 0 Å². The third-order valence-corrected chi connectivity index (χ3v) is 9.75. The summed E-state index contributed by atoms with van der Waals surface area (Å²) in [5, 5.41) is 18.2. The van der Waals surface area contributed by atoms with Crippen molar-refractivity contribution in [2.24, 2.45) is 11.8 Å². The Morgan fingerprint density at radius 2 is 1.68 bits per heavy atom. The summed E-state index contributed by atoms with van der Waals surface area (Å²) in [6, 6.07) is 14.7. The van der Waals surface area contributed by atoms with Gasteiger partial charge in [0.1, 0.15) is 11.4 Å². The number of likely N-dealkylation sites (tertiary alicyclic amines) is 1. The van der Waals surface area contributed by atoms with Gasteiger partial charge in [-0.15, -0.1) is 11.8 Å². The van der Waals surface area contributed by atoms with E-state index in [1.54, 1.807) is 17.8 Å². The predicted molar refractivity (Wildman–Crippen MR) is 179 cm³/mol. The smallest absolute Gasteiger partial charge is 0.252 e. The number of hydrogen-bond acceptors (Lipinski definition) is 6. The van der Waals surface area contributed by atoms with Gasteiger partial charge in [-0.2, -0.15) is 0 Å². The number of carbonyl (C=O) groups is 2. The summed E-state index contributed by atoms with van der Waals surface area (Å²) in [5.41, 5.74) is 0.560. The highest BCUT2D eigenvalue weighted by atomic mass is 32.2. The van der Waals surface area contributed by atoms with Crippen molar-refractivity contribution in [2.75, 3.05) is 18.8 Å². The molecule has 0 aromatic heterocycles. The van der Waals surface area contributed by atoms with Gasteiger partial charge >= 0.3 is 0 Å². The van der Waals surface area contributed by atoms with E-state index in [2.05, 4.69) is 15.5 Å². The number of aliphatic hydroxyl groups is 1. The molecule has 44 heavy (non-hydrogen) atoms. The van der Waals surface area contributed by atoms with Gasteiger partial charge in [0.2, 0.25) is 5.91 Å². The molecule has 8 heteroatoms. The molecule has 2 aromatic carbocycles. The van der Waals surface area contributed by atoms with E-state index in [1.165, 1.54) is 25.7 Å². The maximum Gasteiger partial charge on any atom is 0.252 e.